The second-order valence-corrected chi connectivity index (χ2v) is 4.96. The van der Waals surface area contributed by atoms with E-state index in [1.807, 2.05) is 0 Å². The fourth-order valence-electron chi connectivity index (χ4n) is 1.95. The number of nitrogens with one attached hydrogen (secondary N) is 1. The summed E-state index contributed by atoms with van der Waals surface area (Å²) in [5.74, 6) is 5.51. The van der Waals surface area contributed by atoms with E-state index in [0.717, 1.165) is 12.0 Å². The molecule has 0 spiro atoms. The van der Waals surface area contributed by atoms with Gasteiger partial charge in [-0.3, -0.25) is 4.79 Å². The highest BCUT2D eigenvalue weighted by atomic mass is 16.1. The summed E-state index contributed by atoms with van der Waals surface area (Å²) >= 11 is 0. The first-order chi connectivity index (χ1) is 10.3. The molecule has 0 fully saturated rings. The minimum absolute atomic E-state index is 0.123. The Balaban J connectivity index is 2.26. The number of amides is 1. The Hall–Kier alpha value is -1.86. The summed E-state index contributed by atoms with van der Waals surface area (Å²) in [7, 11) is 0. The molecule has 0 atom stereocenters. The third-order valence-corrected chi connectivity index (χ3v) is 3.15. The number of unbranched alkanes of at least 4 members (excludes halogenated alkanes) is 5. The van der Waals surface area contributed by atoms with Gasteiger partial charge in [-0.25, -0.2) is 4.98 Å². The molecule has 0 radical (unpaired) electrons. The molecule has 0 aliphatic rings. The maximum Gasteiger partial charge on any atom is 0.269 e. The van der Waals surface area contributed by atoms with Crippen LogP contribution in [0.2, 0.25) is 0 Å². The highest BCUT2D eigenvalue weighted by Crippen LogP contribution is 2.04. The molecule has 0 aliphatic heterocycles. The Kier molecular flexibility index (Phi) is 8.90. The van der Waals surface area contributed by atoms with Gasteiger partial charge in [-0.1, -0.05) is 50.9 Å². The van der Waals surface area contributed by atoms with Gasteiger partial charge < -0.3 is 11.1 Å². The molecule has 4 nitrogen and oxygen atoms in total. The van der Waals surface area contributed by atoms with Crippen LogP contribution in [0, 0.1) is 11.8 Å². The van der Waals surface area contributed by atoms with Crippen LogP contribution >= 0.6 is 0 Å². The lowest BCUT2D eigenvalue weighted by Gasteiger charge is -2.04. The summed E-state index contributed by atoms with van der Waals surface area (Å²) in [4.78, 5) is 16.0. The molecule has 0 aliphatic carbocycles. The van der Waals surface area contributed by atoms with Crippen LogP contribution in [0.1, 0.15) is 61.5 Å². The second-order valence-electron chi connectivity index (χ2n) is 4.96. The number of carbonyl (C=O) groups excluding carboxylic acids is 1. The predicted octanol–water partition coefficient (Wildman–Crippen LogP) is 2.48. The summed E-state index contributed by atoms with van der Waals surface area (Å²) in [6, 6.07) is 3.48. The van der Waals surface area contributed by atoms with E-state index in [-0.39, 0.29) is 5.91 Å². The van der Waals surface area contributed by atoms with Gasteiger partial charge in [-0.15, -0.1) is 0 Å². The van der Waals surface area contributed by atoms with Crippen molar-refractivity contribution in [2.24, 2.45) is 5.73 Å². The lowest BCUT2D eigenvalue weighted by atomic mass is 10.1. The van der Waals surface area contributed by atoms with Gasteiger partial charge in [-0.2, -0.15) is 0 Å². The van der Waals surface area contributed by atoms with E-state index in [1.54, 1.807) is 18.3 Å². The van der Waals surface area contributed by atoms with Gasteiger partial charge in [0.15, 0.2) is 0 Å². The Bertz CT molecular complexity index is 471. The molecule has 0 saturated carbocycles. The van der Waals surface area contributed by atoms with Crippen LogP contribution in [-0.4, -0.2) is 24.0 Å². The van der Waals surface area contributed by atoms with Gasteiger partial charge in [0.05, 0.1) is 6.54 Å². The first-order valence-electron chi connectivity index (χ1n) is 7.71. The van der Waals surface area contributed by atoms with E-state index in [1.165, 1.54) is 32.1 Å². The fourth-order valence-corrected chi connectivity index (χ4v) is 1.95. The van der Waals surface area contributed by atoms with E-state index < -0.39 is 0 Å². The van der Waals surface area contributed by atoms with Crippen LogP contribution in [0.25, 0.3) is 0 Å². The monoisotopic (exact) mass is 287 g/mol. The first-order valence-corrected chi connectivity index (χ1v) is 7.71. The first kappa shape index (κ1) is 17.2. The average molecular weight is 287 g/mol. The van der Waals surface area contributed by atoms with Gasteiger partial charge in [0.1, 0.15) is 5.69 Å². The van der Waals surface area contributed by atoms with E-state index in [2.05, 4.69) is 29.1 Å². The number of hydrogen-bond acceptors (Lipinski definition) is 3. The van der Waals surface area contributed by atoms with E-state index in [4.69, 9.17) is 5.73 Å². The van der Waals surface area contributed by atoms with Crippen molar-refractivity contribution >= 4 is 5.91 Å². The smallest absolute Gasteiger partial charge is 0.269 e. The quantitative estimate of drug-likeness (QED) is 0.570. The van der Waals surface area contributed by atoms with Crippen molar-refractivity contribution in [2.45, 2.75) is 45.4 Å². The van der Waals surface area contributed by atoms with Crippen molar-refractivity contribution in [3.63, 3.8) is 0 Å². The third-order valence-electron chi connectivity index (χ3n) is 3.15. The average Bonchev–Trinajstić information content (AvgIpc) is 2.52. The number of pyridine rings is 1. The van der Waals surface area contributed by atoms with Crippen LogP contribution in [0.4, 0.5) is 0 Å². The van der Waals surface area contributed by atoms with Gasteiger partial charge in [0, 0.05) is 18.3 Å². The fraction of sp³-hybridized carbons (Fsp3) is 0.529. The minimum Gasteiger partial charge on any atom is -0.351 e. The zero-order chi connectivity index (χ0) is 15.3. The highest BCUT2D eigenvalue weighted by Gasteiger charge is 2.05. The SMILES string of the molecule is CCCCCCCCNC(=O)c1ccc(C#CCN)cn1. The topological polar surface area (TPSA) is 68.0 Å². The zero-order valence-corrected chi connectivity index (χ0v) is 12.8. The summed E-state index contributed by atoms with van der Waals surface area (Å²) in [5, 5.41) is 2.90. The molecular weight excluding hydrogens is 262 g/mol. The molecule has 1 amide bonds. The van der Waals surface area contributed by atoms with Crippen LogP contribution in [-0.2, 0) is 0 Å². The minimum atomic E-state index is -0.123. The Morgan fingerprint density at radius 1 is 1.24 bits per heavy atom. The molecule has 21 heavy (non-hydrogen) atoms. The van der Waals surface area contributed by atoms with Gasteiger partial charge in [-0.05, 0) is 18.6 Å². The lowest BCUT2D eigenvalue weighted by Crippen LogP contribution is -2.25. The number of hydrogen-bond donors (Lipinski definition) is 2. The molecule has 0 unspecified atom stereocenters. The molecule has 0 bridgehead atoms. The Morgan fingerprint density at radius 2 is 2.00 bits per heavy atom. The maximum atomic E-state index is 11.9. The standard InChI is InChI=1S/C17H25N3O/c1-2-3-4-5-6-7-13-19-17(21)16-11-10-15(14-20-16)9-8-12-18/h10-11,14H,2-7,12-13,18H2,1H3,(H,19,21). The summed E-state index contributed by atoms with van der Waals surface area (Å²) in [6.45, 7) is 3.24. The largest absolute Gasteiger partial charge is 0.351 e. The van der Waals surface area contributed by atoms with Crippen molar-refractivity contribution in [1.82, 2.24) is 10.3 Å². The van der Waals surface area contributed by atoms with Crippen LogP contribution < -0.4 is 11.1 Å². The molecule has 3 N–H and O–H groups in total. The molecule has 4 heteroatoms. The third kappa shape index (κ3) is 7.48. The summed E-state index contributed by atoms with van der Waals surface area (Å²) in [6.07, 6.45) is 8.89. The lowest BCUT2D eigenvalue weighted by molar-refractivity contribution is 0.0948. The van der Waals surface area contributed by atoms with Gasteiger partial charge in [0.2, 0.25) is 0 Å². The summed E-state index contributed by atoms with van der Waals surface area (Å²) in [5.41, 5.74) is 6.50. The Labute approximate surface area is 127 Å². The number of nitrogens with zero attached hydrogens (tertiary/aromatic N) is 1. The van der Waals surface area contributed by atoms with Crippen LogP contribution in [0.5, 0.6) is 0 Å². The van der Waals surface area contributed by atoms with Crippen molar-refractivity contribution in [3.05, 3.63) is 29.6 Å². The van der Waals surface area contributed by atoms with Crippen molar-refractivity contribution < 1.29 is 4.79 Å². The molecular formula is C17H25N3O. The zero-order valence-electron chi connectivity index (χ0n) is 12.8. The molecule has 114 valence electrons. The summed E-state index contributed by atoms with van der Waals surface area (Å²) < 4.78 is 0. The normalized spacial score (nSPS) is 9.81. The molecule has 1 aromatic heterocycles. The van der Waals surface area contributed by atoms with Crippen molar-refractivity contribution in [2.75, 3.05) is 13.1 Å². The molecule has 1 heterocycles. The number of nitrogens with two attached hydrogens (primary N) is 1. The maximum absolute atomic E-state index is 11.9. The molecule has 1 aromatic rings. The van der Waals surface area contributed by atoms with Crippen molar-refractivity contribution in [3.8, 4) is 11.8 Å². The molecule has 0 aromatic carbocycles. The number of carbonyl (C=O) groups is 1. The predicted molar refractivity (Wildman–Crippen MR) is 85.9 cm³/mol. The van der Waals surface area contributed by atoms with Crippen molar-refractivity contribution in [1.29, 1.82) is 0 Å². The number of rotatable bonds is 8. The van der Waals surface area contributed by atoms with E-state index in [0.29, 0.717) is 18.8 Å². The van der Waals surface area contributed by atoms with Gasteiger partial charge >= 0.3 is 0 Å². The second kappa shape index (κ2) is 10.9. The molecule has 0 saturated heterocycles. The van der Waals surface area contributed by atoms with E-state index in [9.17, 15) is 4.79 Å². The molecule has 1 rings (SSSR count). The van der Waals surface area contributed by atoms with Crippen LogP contribution in [0.3, 0.4) is 0 Å². The van der Waals surface area contributed by atoms with E-state index >= 15 is 0 Å². The number of aromatic nitrogens is 1. The van der Waals surface area contributed by atoms with Gasteiger partial charge in [0.25, 0.3) is 5.91 Å². The van der Waals surface area contributed by atoms with Crippen LogP contribution in [0.15, 0.2) is 18.3 Å². The highest BCUT2D eigenvalue weighted by molar-refractivity contribution is 5.92. The Morgan fingerprint density at radius 3 is 2.67 bits per heavy atom.